The van der Waals surface area contributed by atoms with Crippen molar-refractivity contribution in [2.24, 2.45) is 0 Å². The summed E-state index contributed by atoms with van der Waals surface area (Å²) in [5.41, 5.74) is 0. The van der Waals surface area contributed by atoms with E-state index in [1.54, 1.807) is 0 Å². The van der Waals surface area contributed by atoms with E-state index in [0.29, 0.717) is 5.78 Å². The molecule has 1 saturated carbocycles. The second-order valence-electron chi connectivity index (χ2n) is 2.89. The summed E-state index contributed by atoms with van der Waals surface area (Å²) in [6.45, 7) is 0. The van der Waals surface area contributed by atoms with Gasteiger partial charge in [-0.2, -0.15) is 0 Å². The van der Waals surface area contributed by atoms with E-state index in [2.05, 4.69) is 5.79 Å². The molecule has 0 heterocycles. The normalized spacial score (nSPS) is 22.1. The molecule has 9 heavy (non-hydrogen) atoms. The van der Waals surface area contributed by atoms with Gasteiger partial charge in [-0.05, 0) is 0 Å². The Morgan fingerprint density at radius 1 is 1.44 bits per heavy atom. The fourth-order valence-corrected chi connectivity index (χ4v) is 2.63. The van der Waals surface area contributed by atoms with E-state index in [9.17, 15) is 4.79 Å². The Kier molecular flexibility index (Phi) is 2.75. The molecule has 0 unspecified atom stereocenters. The Morgan fingerprint density at radius 3 is 2.44 bits per heavy atom. The zero-order chi connectivity index (χ0) is 6.69. The summed E-state index contributed by atoms with van der Waals surface area (Å²) in [5.74, 6) is 2.84. The van der Waals surface area contributed by atoms with E-state index in [0.717, 1.165) is 17.6 Å². The van der Waals surface area contributed by atoms with Gasteiger partial charge in [-0.25, -0.2) is 0 Å². The Balaban J connectivity index is 2.26. The molecule has 0 N–H and O–H groups in total. The van der Waals surface area contributed by atoms with Crippen LogP contribution in [0.4, 0.5) is 0 Å². The molecular formula is C7H13AlO. The number of Topliss-reactive ketones (excluding diaryl/α,β-unsaturated/α-hetero) is 1. The maximum Gasteiger partial charge on any atom is 0.237 e. The lowest BCUT2D eigenvalue weighted by Gasteiger charge is -2.17. The van der Waals surface area contributed by atoms with E-state index >= 15 is 0 Å². The van der Waals surface area contributed by atoms with Crippen LogP contribution in [0.2, 0.25) is 10.6 Å². The smallest absolute Gasteiger partial charge is 0.237 e. The van der Waals surface area contributed by atoms with Crippen molar-refractivity contribution in [1.29, 1.82) is 0 Å². The lowest BCUT2D eigenvalue weighted by molar-refractivity contribution is -0.120. The van der Waals surface area contributed by atoms with Gasteiger partial charge in [0.1, 0.15) is 5.78 Å². The number of carbonyl (C=O) groups is 1. The number of ketones is 1. The molecule has 0 spiro atoms. The first kappa shape index (κ1) is 7.31. The minimum atomic E-state index is 0.193. The number of carbonyl (C=O) groups excluding carboxylic acids is 1. The van der Waals surface area contributed by atoms with Crippen LogP contribution in [0.3, 0.4) is 0 Å². The molecule has 1 aliphatic rings. The number of hydrogen-bond acceptors (Lipinski definition) is 1. The fraction of sp³-hybridized carbons (Fsp3) is 0.857. The summed E-state index contributed by atoms with van der Waals surface area (Å²) in [7, 11) is 0. The SMILES string of the molecule is [CH3][AlH][CH]1CCC(=O)CC1. The number of hydrogen-bond donors (Lipinski definition) is 0. The first-order valence-electron chi connectivity index (χ1n) is 3.84. The minimum Gasteiger partial charge on any atom is -0.300 e. The molecule has 1 rings (SSSR count). The predicted molar refractivity (Wildman–Crippen MR) is 40.2 cm³/mol. The van der Waals surface area contributed by atoms with E-state index in [1.165, 1.54) is 12.8 Å². The van der Waals surface area contributed by atoms with Crippen LogP contribution in [0.25, 0.3) is 0 Å². The maximum absolute atomic E-state index is 10.7. The highest BCUT2D eigenvalue weighted by Crippen LogP contribution is 2.25. The van der Waals surface area contributed by atoms with Crippen molar-refractivity contribution in [1.82, 2.24) is 0 Å². The second kappa shape index (κ2) is 3.39. The molecule has 50 valence electrons. The lowest BCUT2D eigenvalue weighted by atomic mass is 9.99. The largest absolute Gasteiger partial charge is 0.300 e. The molecule has 0 aromatic heterocycles. The van der Waals surface area contributed by atoms with Crippen LogP contribution >= 0.6 is 0 Å². The highest BCUT2D eigenvalue weighted by atomic mass is 27.1. The predicted octanol–water partition coefficient (Wildman–Crippen LogP) is 1.40. The quantitative estimate of drug-likeness (QED) is 0.503. The van der Waals surface area contributed by atoms with Crippen molar-refractivity contribution in [3.8, 4) is 0 Å². The monoisotopic (exact) mass is 140 g/mol. The summed E-state index contributed by atoms with van der Waals surface area (Å²) in [4.78, 5) is 10.7. The van der Waals surface area contributed by atoms with Crippen molar-refractivity contribution >= 4 is 21.0 Å². The topological polar surface area (TPSA) is 17.1 Å². The van der Waals surface area contributed by atoms with Crippen molar-refractivity contribution in [2.45, 2.75) is 36.2 Å². The fourth-order valence-electron chi connectivity index (χ4n) is 1.41. The van der Waals surface area contributed by atoms with Crippen LogP contribution in [-0.4, -0.2) is 21.0 Å². The van der Waals surface area contributed by atoms with Crippen molar-refractivity contribution in [2.75, 3.05) is 0 Å². The molecule has 2 heteroatoms. The van der Waals surface area contributed by atoms with Gasteiger partial charge in [-0.1, -0.05) is 17.6 Å². The summed E-state index contributed by atoms with van der Waals surface area (Å²) < 4.78 is 0.989. The first-order valence-corrected chi connectivity index (χ1v) is 6.07. The van der Waals surface area contributed by atoms with Crippen LogP contribution < -0.4 is 0 Å². The molecule has 0 aromatic rings. The van der Waals surface area contributed by atoms with E-state index in [1.807, 2.05) is 0 Å². The number of rotatable bonds is 1. The van der Waals surface area contributed by atoms with Crippen LogP contribution in [-0.2, 0) is 4.79 Å². The third-order valence-corrected chi connectivity index (χ3v) is 4.21. The summed E-state index contributed by atoms with van der Waals surface area (Å²) >= 11 is 0.193. The van der Waals surface area contributed by atoms with Gasteiger partial charge in [0.15, 0.2) is 0 Å². The highest BCUT2D eigenvalue weighted by Gasteiger charge is 2.17. The summed E-state index contributed by atoms with van der Waals surface area (Å²) in [6, 6.07) is 0. The third kappa shape index (κ3) is 2.12. The first-order chi connectivity index (χ1) is 4.33. The van der Waals surface area contributed by atoms with Gasteiger partial charge in [0.2, 0.25) is 15.2 Å². The minimum absolute atomic E-state index is 0.193. The standard InChI is InChI=1S/C6H9O.CH3.Al.H/c7-6-4-2-1-3-5-6;;;/h1H,2-5H2;1H3;;. The molecular weight excluding hydrogens is 127 g/mol. The Morgan fingerprint density at radius 2 is 2.00 bits per heavy atom. The average Bonchev–Trinajstić information content (AvgIpc) is 1.90. The van der Waals surface area contributed by atoms with Crippen molar-refractivity contribution in [3.63, 3.8) is 0 Å². The van der Waals surface area contributed by atoms with Crippen LogP contribution in [0.1, 0.15) is 25.7 Å². The molecule has 1 fully saturated rings. The van der Waals surface area contributed by atoms with Gasteiger partial charge < -0.3 is 0 Å². The summed E-state index contributed by atoms with van der Waals surface area (Å²) in [5, 5.41) is 0. The molecule has 0 radical (unpaired) electrons. The lowest BCUT2D eigenvalue weighted by Crippen LogP contribution is -2.12. The van der Waals surface area contributed by atoms with E-state index < -0.39 is 0 Å². The molecule has 0 bridgehead atoms. The van der Waals surface area contributed by atoms with Crippen molar-refractivity contribution in [3.05, 3.63) is 0 Å². The maximum atomic E-state index is 10.7. The molecule has 0 aliphatic heterocycles. The second-order valence-corrected chi connectivity index (χ2v) is 4.86. The highest BCUT2D eigenvalue weighted by molar-refractivity contribution is 6.35. The van der Waals surface area contributed by atoms with Gasteiger partial charge in [0.05, 0.1) is 0 Å². The molecule has 0 amide bonds. The van der Waals surface area contributed by atoms with E-state index in [-0.39, 0.29) is 15.2 Å². The van der Waals surface area contributed by atoms with Gasteiger partial charge >= 0.3 is 0 Å². The van der Waals surface area contributed by atoms with Crippen LogP contribution in [0.15, 0.2) is 0 Å². The molecule has 0 atom stereocenters. The zero-order valence-electron chi connectivity index (χ0n) is 6.02. The molecule has 1 nitrogen and oxygen atoms in total. The Bertz CT molecular complexity index is 101. The Labute approximate surface area is 62.5 Å². The molecule has 1 aliphatic carbocycles. The third-order valence-electron chi connectivity index (χ3n) is 2.24. The van der Waals surface area contributed by atoms with Crippen LogP contribution in [0, 0.1) is 0 Å². The van der Waals surface area contributed by atoms with Gasteiger partial charge in [-0.3, -0.25) is 4.79 Å². The zero-order valence-corrected chi connectivity index (χ0v) is 7.44. The molecule has 0 saturated heterocycles. The van der Waals surface area contributed by atoms with Gasteiger partial charge in [-0.15, -0.1) is 5.79 Å². The van der Waals surface area contributed by atoms with Gasteiger partial charge in [0.25, 0.3) is 0 Å². The van der Waals surface area contributed by atoms with Crippen molar-refractivity contribution < 1.29 is 4.79 Å². The van der Waals surface area contributed by atoms with E-state index in [4.69, 9.17) is 0 Å². The van der Waals surface area contributed by atoms with Gasteiger partial charge in [0, 0.05) is 12.8 Å². The Hall–Kier alpha value is 0.202. The average molecular weight is 140 g/mol. The van der Waals surface area contributed by atoms with Crippen LogP contribution in [0.5, 0.6) is 0 Å². The molecule has 0 aromatic carbocycles. The summed E-state index contributed by atoms with van der Waals surface area (Å²) in [6.07, 6.45) is 4.18.